The molecule has 1 nitrogen and oxygen atoms in total. The molecule has 1 unspecified atom stereocenters. The number of rotatable bonds is 6. The van der Waals surface area contributed by atoms with Gasteiger partial charge in [0, 0.05) is 16.7 Å². The maximum absolute atomic E-state index is 6.07. The largest absolute Gasteiger partial charge is 0.316 e. The van der Waals surface area contributed by atoms with Gasteiger partial charge in [-0.1, -0.05) is 29.8 Å². The van der Waals surface area contributed by atoms with Gasteiger partial charge in [0.2, 0.25) is 0 Å². The fourth-order valence-electron chi connectivity index (χ4n) is 1.22. The fourth-order valence-corrected chi connectivity index (χ4v) is 2.59. The Morgan fingerprint density at radius 2 is 2.27 bits per heavy atom. The zero-order chi connectivity index (χ0) is 11.1. The molecule has 0 fully saturated rings. The molecule has 82 valence electrons. The van der Waals surface area contributed by atoms with Gasteiger partial charge in [0.25, 0.3) is 0 Å². The van der Waals surface area contributed by atoms with Gasteiger partial charge in [0.1, 0.15) is 0 Å². The molecule has 1 aromatic rings. The molecule has 0 amide bonds. The predicted molar refractivity (Wildman–Crippen MR) is 69.8 cm³/mol. The van der Waals surface area contributed by atoms with Gasteiger partial charge in [-0.2, -0.15) is 0 Å². The summed E-state index contributed by atoms with van der Waals surface area (Å²) in [6.07, 6.45) is 2.92. The van der Waals surface area contributed by atoms with Crippen LogP contribution >= 0.6 is 23.4 Å². The van der Waals surface area contributed by atoms with E-state index >= 15 is 0 Å². The Morgan fingerprint density at radius 1 is 1.53 bits per heavy atom. The molecule has 15 heavy (non-hydrogen) atoms. The van der Waals surface area contributed by atoms with Gasteiger partial charge in [-0.3, -0.25) is 0 Å². The minimum Gasteiger partial charge on any atom is -0.316 e. The highest BCUT2D eigenvalue weighted by Gasteiger charge is 2.06. The molecule has 0 saturated heterocycles. The van der Waals surface area contributed by atoms with Crippen molar-refractivity contribution in [2.24, 2.45) is 0 Å². The van der Waals surface area contributed by atoms with Crippen LogP contribution in [0.4, 0.5) is 0 Å². The van der Waals surface area contributed by atoms with E-state index in [1.165, 1.54) is 0 Å². The summed E-state index contributed by atoms with van der Waals surface area (Å²) in [6, 6.07) is 8.39. The summed E-state index contributed by atoms with van der Waals surface area (Å²) >= 11 is 7.84. The SMILES string of the molecule is C=CCC(CSc1ccccc1Cl)NC. The van der Waals surface area contributed by atoms with E-state index < -0.39 is 0 Å². The Balaban J connectivity index is 2.48. The Kier molecular flexibility index (Phi) is 5.84. The van der Waals surface area contributed by atoms with Gasteiger partial charge in [-0.25, -0.2) is 0 Å². The highest BCUT2D eigenvalue weighted by molar-refractivity contribution is 7.99. The second-order valence-electron chi connectivity index (χ2n) is 3.25. The van der Waals surface area contributed by atoms with E-state index in [1.54, 1.807) is 11.8 Å². The number of hydrogen-bond donors (Lipinski definition) is 1. The van der Waals surface area contributed by atoms with Crippen LogP contribution in [-0.2, 0) is 0 Å². The lowest BCUT2D eigenvalue weighted by molar-refractivity contribution is 0.629. The summed E-state index contributed by atoms with van der Waals surface area (Å²) in [7, 11) is 1.97. The van der Waals surface area contributed by atoms with Crippen molar-refractivity contribution in [3.63, 3.8) is 0 Å². The molecule has 0 bridgehead atoms. The Labute approximate surface area is 101 Å². The van der Waals surface area contributed by atoms with E-state index in [0.29, 0.717) is 6.04 Å². The summed E-state index contributed by atoms with van der Waals surface area (Å²) in [5, 5.41) is 4.09. The lowest BCUT2D eigenvalue weighted by Crippen LogP contribution is -2.26. The normalized spacial score (nSPS) is 12.4. The molecule has 0 heterocycles. The van der Waals surface area contributed by atoms with Crippen molar-refractivity contribution >= 4 is 23.4 Å². The highest BCUT2D eigenvalue weighted by atomic mass is 35.5. The molecule has 1 rings (SSSR count). The van der Waals surface area contributed by atoms with Crippen molar-refractivity contribution in [1.82, 2.24) is 5.32 Å². The van der Waals surface area contributed by atoms with Crippen molar-refractivity contribution < 1.29 is 0 Å². The number of hydrogen-bond acceptors (Lipinski definition) is 2. The average Bonchev–Trinajstić information content (AvgIpc) is 2.26. The molecular formula is C12H16ClNS. The van der Waals surface area contributed by atoms with Crippen LogP contribution in [0.1, 0.15) is 6.42 Å². The first-order valence-corrected chi connectivity index (χ1v) is 6.29. The number of thioether (sulfide) groups is 1. The molecule has 1 atom stereocenters. The first-order chi connectivity index (χ1) is 7.27. The van der Waals surface area contributed by atoms with Crippen molar-refractivity contribution in [2.75, 3.05) is 12.8 Å². The second-order valence-corrected chi connectivity index (χ2v) is 4.72. The lowest BCUT2D eigenvalue weighted by atomic mass is 10.2. The smallest absolute Gasteiger partial charge is 0.0541 e. The standard InChI is InChI=1S/C12H16ClNS/c1-3-6-10(14-2)9-15-12-8-5-4-7-11(12)13/h3-5,7-8,10,14H,1,6,9H2,2H3. The third kappa shape index (κ3) is 4.29. The van der Waals surface area contributed by atoms with Crippen LogP contribution in [0, 0.1) is 0 Å². The van der Waals surface area contributed by atoms with Gasteiger partial charge in [0.05, 0.1) is 5.02 Å². The van der Waals surface area contributed by atoms with Gasteiger partial charge >= 0.3 is 0 Å². The van der Waals surface area contributed by atoms with E-state index in [9.17, 15) is 0 Å². The lowest BCUT2D eigenvalue weighted by Gasteiger charge is -2.13. The first kappa shape index (κ1) is 12.6. The maximum atomic E-state index is 6.07. The summed E-state index contributed by atoms with van der Waals surface area (Å²) < 4.78 is 0. The Morgan fingerprint density at radius 3 is 2.87 bits per heavy atom. The molecule has 0 aliphatic carbocycles. The van der Waals surface area contributed by atoms with E-state index in [4.69, 9.17) is 11.6 Å². The average molecular weight is 242 g/mol. The minimum absolute atomic E-state index is 0.462. The first-order valence-electron chi connectivity index (χ1n) is 4.93. The molecular weight excluding hydrogens is 226 g/mol. The molecule has 0 radical (unpaired) electrons. The van der Waals surface area contributed by atoms with Crippen LogP contribution in [0.25, 0.3) is 0 Å². The zero-order valence-corrected chi connectivity index (χ0v) is 10.4. The second kappa shape index (κ2) is 6.94. The molecule has 1 aromatic carbocycles. The summed E-state index contributed by atoms with van der Waals surface area (Å²) in [6.45, 7) is 3.75. The zero-order valence-electron chi connectivity index (χ0n) is 8.87. The number of nitrogens with one attached hydrogen (secondary N) is 1. The minimum atomic E-state index is 0.462. The number of benzene rings is 1. The van der Waals surface area contributed by atoms with E-state index in [2.05, 4.69) is 11.9 Å². The van der Waals surface area contributed by atoms with Crippen LogP contribution in [0.15, 0.2) is 41.8 Å². The molecule has 1 N–H and O–H groups in total. The molecule has 0 saturated carbocycles. The summed E-state index contributed by atoms with van der Waals surface area (Å²) in [5.41, 5.74) is 0. The molecule has 3 heteroatoms. The van der Waals surface area contributed by atoms with E-state index in [0.717, 1.165) is 22.1 Å². The van der Waals surface area contributed by atoms with Crippen LogP contribution in [0.3, 0.4) is 0 Å². The fraction of sp³-hybridized carbons (Fsp3) is 0.333. The van der Waals surface area contributed by atoms with Crippen molar-refractivity contribution in [3.05, 3.63) is 41.9 Å². The van der Waals surface area contributed by atoms with Crippen LogP contribution in [-0.4, -0.2) is 18.8 Å². The third-order valence-corrected chi connectivity index (χ3v) is 3.81. The summed E-state index contributed by atoms with van der Waals surface area (Å²) in [4.78, 5) is 1.14. The molecule has 0 aliphatic rings. The van der Waals surface area contributed by atoms with Crippen molar-refractivity contribution in [3.8, 4) is 0 Å². The highest BCUT2D eigenvalue weighted by Crippen LogP contribution is 2.27. The van der Waals surface area contributed by atoms with Gasteiger partial charge in [-0.05, 0) is 25.6 Å². The molecule has 0 spiro atoms. The third-order valence-electron chi connectivity index (χ3n) is 2.14. The summed E-state index contributed by atoms with van der Waals surface area (Å²) in [5.74, 6) is 1.01. The van der Waals surface area contributed by atoms with Crippen LogP contribution < -0.4 is 5.32 Å². The van der Waals surface area contributed by atoms with Crippen molar-refractivity contribution in [1.29, 1.82) is 0 Å². The topological polar surface area (TPSA) is 12.0 Å². The quantitative estimate of drug-likeness (QED) is 0.603. The van der Waals surface area contributed by atoms with Crippen LogP contribution in [0.2, 0.25) is 5.02 Å². The van der Waals surface area contributed by atoms with E-state index in [1.807, 2.05) is 37.4 Å². The van der Waals surface area contributed by atoms with Crippen molar-refractivity contribution in [2.45, 2.75) is 17.4 Å². The van der Waals surface area contributed by atoms with Gasteiger partial charge < -0.3 is 5.32 Å². The van der Waals surface area contributed by atoms with Gasteiger partial charge in [0.15, 0.2) is 0 Å². The molecule has 0 aromatic heterocycles. The van der Waals surface area contributed by atoms with Gasteiger partial charge in [-0.15, -0.1) is 18.3 Å². The maximum Gasteiger partial charge on any atom is 0.0541 e. The van der Waals surface area contributed by atoms with Crippen LogP contribution in [0.5, 0.6) is 0 Å². The predicted octanol–water partition coefficient (Wildman–Crippen LogP) is 3.60. The van der Waals surface area contributed by atoms with E-state index in [-0.39, 0.29) is 0 Å². The Hall–Kier alpha value is -0.440. The molecule has 0 aliphatic heterocycles. The number of halogens is 1. The monoisotopic (exact) mass is 241 g/mol. The Bertz CT molecular complexity index is 314.